The summed E-state index contributed by atoms with van der Waals surface area (Å²) in [7, 11) is 1.74. The van der Waals surface area contributed by atoms with Gasteiger partial charge in [-0.05, 0) is 79.3 Å². The van der Waals surface area contributed by atoms with Crippen LogP contribution in [-0.2, 0) is 20.7 Å². The second-order valence-electron chi connectivity index (χ2n) is 11.8. The molecule has 0 aliphatic carbocycles. The molecule has 3 aromatic carbocycles. The number of nitrogens with one attached hydrogen (secondary N) is 1. The number of carbonyl (C=O) groups excluding carboxylic acids is 2. The zero-order chi connectivity index (χ0) is 33.7. The van der Waals surface area contributed by atoms with Crippen LogP contribution in [0, 0.1) is 11.7 Å². The van der Waals surface area contributed by atoms with Gasteiger partial charge < -0.3 is 29.9 Å². The first kappa shape index (κ1) is 34.2. The van der Waals surface area contributed by atoms with Crippen molar-refractivity contribution in [3.63, 3.8) is 0 Å². The first-order valence-corrected chi connectivity index (χ1v) is 16.7. The number of carboxylic acids is 1. The van der Waals surface area contributed by atoms with Crippen molar-refractivity contribution in [2.45, 2.75) is 51.7 Å². The van der Waals surface area contributed by atoms with Gasteiger partial charge in [-0.1, -0.05) is 43.6 Å². The molecule has 0 radical (unpaired) electrons. The molecule has 0 bridgehead atoms. The van der Waals surface area contributed by atoms with Crippen LogP contribution >= 0.6 is 11.6 Å². The van der Waals surface area contributed by atoms with Gasteiger partial charge in [-0.3, -0.25) is 9.59 Å². The van der Waals surface area contributed by atoms with Crippen molar-refractivity contribution < 1.29 is 28.6 Å². The van der Waals surface area contributed by atoms with Gasteiger partial charge in [0.1, 0.15) is 6.04 Å². The number of nitrogens with zero attached hydrogens (tertiary/aromatic N) is 3. The molecule has 3 heterocycles. The monoisotopic (exact) mass is 664 g/mol. The number of amides is 2. The Labute approximate surface area is 280 Å². The minimum atomic E-state index is -1.06. The minimum absolute atomic E-state index is 0.0327. The summed E-state index contributed by atoms with van der Waals surface area (Å²) in [6, 6.07) is 15.8. The van der Waals surface area contributed by atoms with Gasteiger partial charge in [-0.2, -0.15) is 0 Å². The van der Waals surface area contributed by atoms with Gasteiger partial charge in [0.25, 0.3) is 5.91 Å². The molecule has 250 valence electrons. The fourth-order valence-electron chi connectivity index (χ4n) is 6.86. The van der Waals surface area contributed by atoms with E-state index in [-0.39, 0.29) is 28.5 Å². The number of aromatic carboxylic acids is 1. The molecule has 2 fully saturated rings. The number of piperidine rings is 1. The molecule has 2 amide bonds. The van der Waals surface area contributed by atoms with Crippen LogP contribution in [0.25, 0.3) is 0 Å². The maximum Gasteiger partial charge on any atom is 0.335 e. The number of hydrogen-bond donors (Lipinski definition) is 2. The topological polar surface area (TPSA) is 102 Å². The molecule has 0 saturated carbocycles. The Bertz CT molecular complexity index is 1590. The highest BCUT2D eigenvalue weighted by Crippen LogP contribution is 2.39. The Morgan fingerprint density at radius 3 is 2.23 bits per heavy atom. The average Bonchev–Trinajstić information content (AvgIpc) is 3.59. The first-order chi connectivity index (χ1) is 22.7. The van der Waals surface area contributed by atoms with E-state index in [0.29, 0.717) is 43.9 Å². The number of carbonyl (C=O) groups is 3. The van der Waals surface area contributed by atoms with Gasteiger partial charge in [0.05, 0.1) is 28.3 Å². The maximum absolute atomic E-state index is 14.8. The molecule has 47 heavy (non-hydrogen) atoms. The minimum Gasteiger partial charge on any atom is -0.478 e. The number of anilines is 3. The van der Waals surface area contributed by atoms with Gasteiger partial charge in [-0.25, -0.2) is 9.18 Å². The lowest BCUT2D eigenvalue weighted by molar-refractivity contribution is -0.142. The van der Waals surface area contributed by atoms with Gasteiger partial charge >= 0.3 is 5.97 Å². The van der Waals surface area contributed by atoms with E-state index in [1.807, 2.05) is 30.9 Å². The van der Waals surface area contributed by atoms with E-state index in [9.17, 15) is 23.9 Å². The summed E-state index contributed by atoms with van der Waals surface area (Å²) >= 11 is 6.03. The standard InChI is InChI=1S/C34H36ClFN4O5.C2H6/c1-45-24-13-17-38(18-14-24)28-6-2-4-26-25(28)15-19-40(31(26)32(41)37-23-10-8-21(9-11-23)34(43)44)33(42)22-12-16-39(20-22)29-7-3-5-27(35)30(29)36;1-2/h2-11,22,24,31H,12-20H2,1H3,(H,37,41)(H,43,44);1-2H3. The Balaban J connectivity index is 0.00000213. The van der Waals surface area contributed by atoms with Crippen LogP contribution in [0.1, 0.15) is 60.6 Å². The summed E-state index contributed by atoms with van der Waals surface area (Å²) in [4.78, 5) is 45.4. The van der Waals surface area contributed by atoms with Crippen LogP contribution in [0.15, 0.2) is 60.7 Å². The highest BCUT2D eigenvalue weighted by molar-refractivity contribution is 6.31. The third kappa shape index (κ3) is 7.23. The number of hydrogen-bond acceptors (Lipinski definition) is 6. The fraction of sp³-hybridized carbons (Fsp3) is 0.417. The molecule has 2 saturated heterocycles. The third-order valence-electron chi connectivity index (χ3n) is 9.25. The number of carboxylic acid groups (broad SMARTS) is 1. The molecule has 0 spiro atoms. The highest BCUT2D eigenvalue weighted by atomic mass is 35.5. The molecular weight excluding hydrogens is 623 g/mol. The Hall–Kier alpha value is -4.15. The van der Waals surface area contributed by atoms with E-state index >= 15 is 0 Å². The molecule has 3 aliphatic rings. The van der Waals surface area contributed by atoms with Crippen molar-refractivity contribution >= 4 is 46.4 Å². The van der Waals surface area contributed by atoms with Crippen molar-refractivity contribution in [1.82, 2.24) is 4.90 Å². The molecule has 6 rings (SSSR count). The van der Waals surface area contributed by atoms with E-state index in [2.05, 4.69) is 16.3 Å². The fourth-order valence-corrected chi connectivity index (χ4v) is 7.03. The van der Waals surface area contributed by atoms with Crippen molar-refractivity contribution in [3.8, 4) is 0 Å². The van der Waals surface area contributed by atoms with Gasteiger partial charge in [0.2, 0.25) is 5.91 Å². The Kier molecular flexibility index (Phi) is 11.0. The molecule has 0 aromatic heterocycles. The van der Waals surface area contributed by atoms with E-state index in [0.717, 1.165) is 42.7 Å². The molecule has 2 unspecified atom stereocenters. The van der Waals surface area contributed by atoms with Crippen LogP contribution in [0.2, 0.25) is 5.02 Å². The smallest absolute Gasteiger partial charge is 0.335 e. The lowest BCUT2D eigenvalue weighted by atomic mass is 9.88. The van der Waals surface area contributed by atoms with Crippen molar-refractivity contribution in [1.29, 1.82) is 0 Å². The third-order valence-corrected chi connectivity index (χ3v) is 9.54. The normalized spacial score (nSPS) is 19.5. The largest absolute Gasteiger partial charge is 0.478 e. The molecule has 3 aromatic rings. The Morgan fingerprint density at radius 1 is 0.894 bits per heavy atom. The molecule has 11 heteroatoms. The number of fused-ring (bicyclic) bond motifs is 1. The lowest BCUT2D eigenvalue weighted by Crippen LogP contribution is -2.48. The molecule has 2 atom stereocenters. The number of rotatable bonds is 7. The van der Waals surface area contributed by atoms with Crippen LogP contribution in [0.5, 0.6) is 0 Å². The van der Waals surface area contributed by atoms with E-state index < -0.39 is 23.7 Å². The molecule has 2 N–H and O–H groups in total. The van der Waals surface area contributed by atoms with Crippen LogP contribution in [0.4, 0.5) is 21.5 Å². The highest BCUT2D eigenvalue weighted by Gasteiger charge is 2.42. The van der Waals surface area contributed by atoms with E-state index in [4.69, 9.17) is 16.3 Å². The average molecular weight is 665 g/mol. The van der Waals surface area contributed by atoms with Crippen molar-refractivity contribution in [3.05, 3.63) is 88.2 Å². The van der Waals surface area contributed by atoms with Gasteiger partial charge in [-0.15, -0.1) is 0 Å². The van der Waals surface area contributed by atoms with Gasteiger partial charge in [0, 0.05) is 51.2 Å². The number of methoxy groups -OCH3 is 1. The predicted molar refractivity (Wildman–Crippen MR) is 182 cm³/mol. The number of benzene rings is 3. The molecule has 3 aliphatic heterocycles. The Morgan fingerprint density at radius 2 is 1.55 bits per heavy atom. The number of halogens is 2. The van der Waals surface area contributed by atoms with Crippen LogP contribution in [-0.4, -0.2) is 73.7 Å². The summed E-state index contributed by atoms with van der Waals surface area (Å²) in [5.74, 6) is -2.52. The quantitative estimate of drug-likeness (QED) is 0.301. The number of ether oxygens (including phenoxy) is 1. The molecule has 9 nitrogen and oxygen atoms in total. The second kappa shape index (κ2) is 15.2. The van der Waals surface area contributed by atoms with Gasteiger partial charge in [0.15, 0.2) is 5.82 Å². The first-order valence-electron chi connectivity index (χ1n) is 16.3. The summed E-state index contributed by atoms with van der Waals surface area (Å²) in [6.07, 6.45) is 3.16. The van der Waals surface area contributed by atoms with Crippen LogP contribution < -0.4 is 15.1 Å². The van der Waals surface area contributed by atoms with Crippen LogP contribution in [0.3, 0.4) is 0 Å². The molecular formula is C36H42ClFN4O5. The second-order valence-corrected chi connectivity index (χ2v) is 12.2. The predicted octanol–water partition coefficient (Wildman–Crippen LogP) is 6.41. The maximum atomic E-state index is 14.8. The van der Waals surface area contributed by atoms with E-state index in [1.165, 1.54) is 18.2 Å². The summed E-state index contributed by atoms with van der Waals surface area (Å²) in [5, 5.41) is 12.2. The summed E-state index contributed by atoms with van der Waals surface area (Å²) in [5.41, 5.74) is 3.80. The lowest BCUT2D eigenvalue weighted by Gasteiger charge is -2.41. The van der Waals surface area contributed by atoms with Crippen molar-refractivity contribution in [2.75, 3.05) is 55.0 Å². The zero-order valence-electron chi connectivity index (χ0n) is 27.0. The summed E-state index contributed by atoms with van der Waals surface area (Å²) in [6.45, 7) is 6.84. The SMILES string of the molecule is CC.COC1CCN(c2cccc3c2CCN(C(=O)C2CCN(c4cccc(Cl)c4F)C2)C3C(=O)Nc2ccc(C(=O)O)cc2)CC1. The van der Waals surface area contributed by atoms with Crippen molar-refractivity contribution in [2.24, 2.45) is 5.92 Å². The zero-order valence-corrected chi connectivity index (χ0v) is 27.8. The summed E-state index contributed by atoms with van der Waals surface area (Å²) < 4.78 is 20.4. The van der Waals surface area contributed by atoms with E-state index in [1.54, 1.807) is 36.3 Å².